The van der Waals surface area contributed by atoms with Crippen molar-refractivity contribution in [1.82, 2.24) is 10.6 Å². The van der Waals surface area contributed by atoms with Crippen molar-refractivity contribution in [2.45, 2.75) is 63.1 Å². The molecule has 0 aromatic heterocycles. The molecule has 2 unspecified atom stereocenters. The molecule has 0 radical (unpaired) electrons. The largest absolute Gasteiger partial charge is 0.481 e. The Morgan fingerprint density at radius 3 is 1.58 bits per heavy atom. The van der Waals surface area contributed by atoms with Crippen molar-refractivity contribution in [3.05, 3.63) is 0 Å². The molecule has 0 saturated heterocycles. The first kappa shape index (κ1) is 26.8. The lowest BCUT2D eigenvalue weighted by Crippen LogP contribution is -2.38. The molecule has 0 rings (SSSR count). The first-order valence-electron chi connectivity index (χ1n) is 8.04. The van der Waals surface area contributed by atoms with Gasteiger partial charge >= 0.3 is 11.9 Å². The molecule has 0 aromatic rings. The third-order valence-corrected chi connectivity index (χ3v) is 4.64. The number of thioether (sulfide) groups is 2. The molecule has 26 heavy (non-hydrogen) atoms. The molecule has 0 saturated carbocycles. The molecule has 10 heteroatoms. The predicted molar refractivity (Wildman–Crippen MR) is 106 cm³/mol. The van der Waals surface area contributed by atoms with Gasteiger partial charge < -0.3 is 20.8 Å². The molecule has 0 aliphatic heterocycles. The van der Waals surface area contributed by atoms with Gasteiger partial charge in [-0.05, 0) is 40.2 Å². The lowest BCUT2D eigenvalue weighted by atomic mass is 10.2. The molecule has 0 aliphatic rings. The van der Waals surface area contributed by atoms with Crippen LogP contribution < -0.4 is 10.6 Å². The first-order valence-corrected chi connectivity index (χ1v) is 10.6. The van der Waals surface area contributed by atoms with Crippen molar-refractivity contribution in [1.29, 1.82) is 0 Å². The van der Waals surface area contributed by atoms with Crippen molar-refractivity contribution >= 4 is 47.3 Å². The van der Waals surface area contributed by atoms with Crippen LogP contribution in [0, 0.1) is 0 Å². The maximum Gasteiger partial charge on any atom is 0.317 e. The van der Waals surface area contributed by atoms with Gasteiger partial charge in [0.1, 0.15) is 5.25 Å². The fraction of sp³-hybridized carbons (Fsp3) is 0.750. The number of nitrogens with one attached hydrogen (secondary N) is 2. The minimum absolute atomic E-state index is 0.0364. The molecule has 0 aromatic carbocycles. The topological polar surface area (TPSA) is 133 Å². The van der Waals surface area contributed by atoms with E-state index in [1.807, 2.05) is 27.7 Å². The highest BCUT2D eigenvalue weighted by molar-refractivity contribution is 8.00. The van der Waals surface area contributed by atoms with Crippen LogP contribution in [0.3, 0.4) is 0 Å². The van der Waals surface area contributed by atoms with Gasteiger partial charge in [-0.2, -0.15) is 11.8 Å². The Balaban J connectivity index is 0. The van der Waals surface area contributed by atoms with Crippen LogP contribution in [-0.2, 0) is 19.2 Å². The van der Waals surface area contributed by atoms with E-state index in [2.05, 4.69) is 10.6 Å². The number of aliphatic carboxylic acids is 2. The molecular formula is C16H30N2O6S2. The fourth-order valence-electron chi connectivity index (χ4n) is 1.64. The predicted octanol–water partition coefficient (Wildman–Crippen LogP) is 1.43. The third-order valence-electron chi connectivity index (χ3n) is 2.75. The Morgan fingerprint density at radius 1 is 0.808 bits per heavy atom. The summed E-state index contributed by atoms with van der Waals surface area (Å²) in [4.78, 5) is 43.4. The summed E-state index contributed by atoms with van der Waals surface area (Å²) in [5, 5.41) is 21.4. The van der Waals surface area contributed by atoms with E-state index in [-0.39, 0.29) is 36.7 Å². The minimum atomic E-state index is -0.946. The second kappa shape index (κ2) is 14.7. The Bertz CT molecular complexity index is 472. The maximum atomic E-state index is 11.3. The van der Waals surface area contributed by atoms with E-state index < -0.39 is 22.4 Å². The Hall–Kier alpha value is -1.42. The van der Waals surface area contributed by atoms with E-state index in [0.717, 1.165) is 0 Å². The Kier molecular flexibility index (Phi) is 15.2. The first-order chi connectivity index (χ1) is 11.9. The average Bonchev–Trinajstić information content (AvgIpc) is 2.48. The van der Waals surface area contributed by atoms with Crippen LogP contribution in [0.1, 0.15) is 40.5 Å². The van der Waals surface area contributed by atoms with Gasteiger partial charge in [0.05, 0.1) is 11.7 Å². The van der Waals surface area contributed by atoms with Crippen molar-refractivity contribution in [2.24, 2.45) is 0 Å². The summed E-state index contributed by atoms with van der Waals surface area (Å²) in [6.45, 7) is 7.37. The number of carbonyl (C=O) groups is 4. The molecule has 4 N–H and O–H groups in total. The van der Waals surface area contributed by atoms with Crippen LogP contribution in [0.2, 0.25) is 0 Å². The second-order valence-corrected chi connectivity index (χ2v) is 8.06. The van der Waals surface area contributed by atoms with Gasteiger partial charge in [0.2, 0.25) is 11.8 Å². The van der Waals surface area contributed by atoms with Crippen LogP contribution in [0.15, 0.2) is 0 Å². The molecule has 0 heterocycles. The van der Waals surface area contributed by atoms with Crippen LogP contribution in [-0.4, -0.2) is 69.1 Å². The minimum Gasteiger partial charge on any atom is -0.481 e. The highest BCUT2D eigenvalue weighted by Crippen LogP contribution is 2.11. The summed E-state index contributed by atoms with van der Waals surface area (Å²) in [5.74, 6) is -2.30. The summed E-state index contributed by atoms with van der Waals surface area (Å²) in [6, 6.07) is 0.111. The second-order valence-electron chi connectivity index (χ2n) is 5.97. The van der Waals surface area contributed by atoms with Gasteiger partial charge in [-0.3, -0.25) is 19.2 Å². The smallest absolute Gasteiger partial charge is 0.317 e. The highest BCUT2D eigenvalue weighted by atomic mass is 32.2. The Morgan fingerprint density at radius 2 is 1.27 bits per heavy atom. The quantitative estimate of drug-likeness (QED) is 0.425. The Labute approximate surface area is 163 Å². The van der Waals surface area contributed by atoms with Crippen molar-refractivity contribution in [2.75, 3.05) is 12.5 Å². The monoisotopic (exact) mass is 410 g/mol. The van der Waals surface area contributed by atoms with E-state index in [1.165, 1.54) is 23.5 Å². The summed E-state index contributed by atoms with van der Waals surface area (Å²) in [5.41, 5.74) is 0. The SMILES string of the molecule is CSC(CC(=O)NC(C)C)C(=O)O.CSC(CC(=O)O)C(=O)NC(C)C. The molecule has 2 atom stereocenters. The van der Waals surface area contributed by atoms with E-state index in [0.29, 0.717) is 0 Å². The molecule has 0 bridgehead atoms. The van der Waals surface area contributed by atoms with Crippen molar-refractivity contribution in [3.63, 3.8) is 0 Å². The molecule has 0 aliphatic carbocycles. The summed E-state index contributed by atoms with van der Waals surface area (Å²) in [6.07, 6.45) is 3.32. The van der Waals surface area contributed by atoms with Gasteiger partial charge in [0.25, 0.3) is 0 Å². The zero-order valence-electron chi connectivity index (χ0n) is 16.1. The molecule has 0 fully saturated rings. The summed E-state index contributed by atoms with van der Waals surface area (Å²) in [7, 11) is 0. The number of carboxylic acids is 2. The molecular weight excluding hydrogens is 380 g/mol. The van der Waals surface area contributed by atoms with Gasteiger partial charge in [-0.15, -0.1) is 11.8 Å². The van der Waals surface area contributed by atoms with Gasteiger partial charge in [0, 0.05) is 18.5 Å². The fourth-order valence-corrected chi connectivity index (χ4v) is 2.75. The van der Waals surface area contributed by atoms with E-state index in [4.69, 9.17) is 10.2 Å². The number of carboxylic acid groups (broad SMARTS) is 2. The van der Waals surface area contributed by atoms with Crippen LogP contribution in [0.5, 0.6) is 0 Å². The average molecular weight is 411 g/mol. The zero-order valence-corrected chi connectivity index (χ0v) is 17.7. The van der Waals surface area contributed by atoms with E-state index in [1.54, 1.807) is 12.5 Å². The molecule has 152 valence electrons. The van der Waals surface area contributed by atoms with Gasteiger partial charge in [0.15, 0.2) is 0 Å². The van der Waals surface area contributed by atoms with Crippen LogP contribution in [0.4, 0.5) is 0 Å². The van der Waals surface area contributed by atoms with Crippen LogP contribution >= 0.6 is 23.5 Å². The number of hydrogen-bond donors (Lipinski definition) is 4. The number of rotatable bonds is 10. The van der Waals surface area contributed by atoms with E-state index >= 15 is 0 Å². The molecule has 2 amide bonds. The van der Waals surface area contributed by atoms with Gasteiger partial charge in [-0.1, -0.05) is 0 Å². The summed E-state index contributed by atoms with van der Waals surface area (Å²) < 4.78 is 0. The number of carbonyl (C=O) groups excluding carboxylic acids is 2. The standard InChI is InChI=1S/2C8H15NO3S/c1-5(2)9-8(12)6(13-3)4-7(10)11;1-5(2)9-7(10)4-6(13-3)8(11)12/h5-6H,4H2,1-3H3,(H,9,12)(H,10,11);5-6H,4H2,1-3H3,(H,9,10)(H,11,12). The number of amides is 2. The third kappa shape index (κ3) is 14.9. The molecule has 0 spiro atoms. The normalized spacial score (nSPS) is 12.6. The van der Waals surface area contributed by atoms with Gasteiger partial charge in [-0.25, -0.2) is 0 Å². The number of hydrogen-bond acceptors (Lipinski definition) is 6. The lowest BCUT2D eigenvalue weighted by Gasteiger charge is -2.14. The van der Waals surface area contributed by atoms with Crippen LogP contribution in [0.25, 0.3) is 0 Å². The zero-order chi connectivity index (χ0) is 20.9. The van der Waals surface area contributed by atoms with E-state index in [9.17, 15) is 19.2 Å². The van der Waals surface area contributed by atoms with Crippen molar-refractivity contribution < 1.29 is 29.4 Å². The maximum absolute atomic E-state index is 11.3. The molecule has 8 nitrogen and oxygen atoms in total. The van der Waals surface area contributed by atoms with Crippen molar-refractivity contribution in [3.8, 4) is 0 Å². The highest BCUT2D eigenvalue weighted by Gasteiger charge is 2.21. The lowest BCUT2D eigenvalue weighted by molar-refractivity contribution is -0.138. The summed E-state index contributed by atoms with van der Waals surface area (Å²) >= 11 is 2.43.